The van der Waals surface area contributed by atoms with Gasteiger partial charge in [-0.25, -0.2) is 0 Å². The van der Waals surface area contributed by atoms with Crippen molar-refractivity contribution in [2.75, 3.05) is 13.1 Å². The second-order valence-electron chi connectivity index (χ2n) is 5.72. The molecule has 1 fully saturated rings. The summed E-state index contributed by atoms with van der Waals surface area (Å²) in [5.41, 5.74) is -0.210. The molecule has 0 aromatic carbocycles. The Morgan fingerprint density at radius 2 is 1.83 bits per heavy atom. The third-order valence-electron chi connectivity index (χ3n) is 3.98. The van der Waals surface area contributed by atoms with Crippen LogP contribution in [0.1, 0.15) is 65.2 Å². The number of carbonyl (C=O) groups is 1. The highest BCUT2D eigenvalue weighted by Gasteiger charge is 2.31. The lowest BCUT2D eigenvalue weighted by atomic mass is 9.82. The minimum Gasteiger partial charge on any atom is -0.343 e. The van der Waals surface area contributed by atoms with E-state index in [0.29, 0.717) is 6.42 Å². The van der Waals surface area contributed by atoms with Gasteiger partial charge in [-0.1, -0.05) is 32.6 Å². The van der Waals surface area contributed by atoms with Gasteiger partial charge < -0.3 is 4.90 Å². The Morgan fingerprint density at radius 1 is 1.22 bits per heavy atom. The Balaban J connectivity index is 2.18. The second kappa shape index (κ2) is 7.41. The van der Waals surface area contributed by atoms with Gasteiger partial charge in [0.05, 0.1) is 11.5 Å². The van der Waals surface area contributed by atoms with Crippen LogP contribution in [0, 0.1) is 16.7 Å². The lowest BCUT2D eigenvalue weighted by molar-refractivity contribution is -0.133. The largest absolute Gasteiger partial charge is 0.343 e. The predicted octanol–water partition coefficient (Wildman–Crippen LogP) is 3.50. The molecule has 0 N–H and O–H groups in total. The van der Waals surface area contributed by atoms with E-state index in [-0.39, 0.29) is 11.3 Å². The van der Waals surface area contributed by atoms with Gasteiger partial charge in [0.2, 0.25) is 5.91 Å². The van der Waals surface area contributed by atoms with Gasteiger partial charge in [0.15, 0.2) is 0 Å². The summed E-state index contributed by atoms with van der Waals surface area (Å²) >= 11 is 0. The summed E-state index contributed by atoms with van der Waals surface area (Å²) in [5.74, 6) is 0.284. The first-order chi connectivity index (χ1) is 8.61. The fourth-order valence-electron chi connectivity index (χ4n) is 2.40. The molecule has 0 atom stereocenters. The van der Waals surface area contributed by atoms with E-state index in [1.165, 1.54) is 25.7 Å². The summed E-state index contributed by atoms with van der Waals surface area (Å²) in [6, 6.07) is 2.37. The molecular weight excluding hydrogens is 224 g/mol. The van der Waals surface area contributed by atoms with E-state index in [2.05, 4.69) is 13.0 Å². The summed E-state index contributed by atoms with van der Waals surface area (Å²) in [6.45, 7) is 5.72. The van der Waals surface area contributed by atoms with Gasteiger partial charge in [-0.05, 0) is 26.2 Å². The molecule has 102 valence electrons. The van der Waals surface area contributed by atoms with Crippen molar-refractivity contribution in [3.05, 3.63) is 0 Å². The molecule has 3 nitrogen and oxygen atoms in total. The highest BCUT2D eigenvalue weighted by Crippen LogP contribution is 2.30. The number of likely N-dealkylation sites (tertiary alicyclic amines) is 1. The molecule has 0 saturated carbocycles. The Labute approximate surface area is 111 Å². The highest BCUT2D eigenvalue weighted by atomic mass is 16.2. The van der Waals surface area contributed by atoms with Gasteiger partial charge in [0, 0.05) is 19.5 Å². The van der Waals surface area contributed by atoms with Crippen LogP contribution in [0.2, 0.25) is 0 Å². The smallest absolute Gasteiger partial charge is 0.222 e. The van der Waals surface area contributed by atoms with Crippen molar-refractivity contribution < 1.29 is 4.79 Å². The van der Waals surface area contributed by atoms with E-state index in [4.69, 9.17) is 5.26 Å². The first kappa shape index (κ1) is 15.0. The summed E-state index contributed by atoms with van der Waals surface area (Å²) < 4.78 is 0. The number of piperidine rings is 1. The van der Waals surface area contributed by atoms with Crippen molar-refractivity contribution in [1.82, 2.24) is 4.90 Å². The van der Waals surface area contributed by atoms with Gasteiger partial charge in [-0.2, -0.15) is 5.26 Å². The molecule has 3 heteroatoms. The van der Waals surface area contributed by atoms with Crippen LogP contribution in [0.25, 0.3) is 0 Å². The average molecular weight is 250 g/mol. The molecule has 0 aliphatic carbocycles. The molecule has 1 amide bonds. The van der Waals surface area contributed by atoms with E-state index in [0.717, 1.165) is 32.4 Å². The van der Waals surface area contributed by atoms with Crippen molar-refractivity contribution >= 4 is 5.91 Å². The number of hydrogen-bond acceptors (Lipinski definition) is 2. The van der Waals surface area contributed by atoms with Crippen LogP contribution in [0.5, 0.6) is 0 Å². The fraction of sp³-hybridized carbons (Fsp3) is 0.867. The van der Waals surface area contributed by atoms with Gasteiger partial charge in [0.25, 0.3) is 0 Å². The predicted molar refractivity (Wildman–Crippen MR) is 72.9 cm³/mol. The maximum atomic E-state index is 12.0. The van der Waals surface area contributed by atoms with Crippen LogP contribution in [0.4, 0.5) is 0 Å². The van der Waals surface area contributed by atoms with Crippen LogP contribution >= 0.6 is 0 Å². The third-order valence-corrected chi connectivity index (χ3v) is 3.98. The van der Waals surface area contributed by atoms with Crippen LogP contribution in [0.3, 0.4) is 0 Å². The number of hydrogen-bond donors (Lipinski definition) is 0. The van der Waals surface area contributed by atoms with E-state index >= 15 is 0 Å². The fourth-order valence-corrected chi connectivity index (χ4v) is 2.40. The zero-order chi connectivity index (χ0) is 13.4. The summed E-state index contributed by atoms with van der Waals surface area (Å²) in [7, 11) is 0. The second-order valence-corrected chi connectivity index (χ2v) is 5.72. The quantitative estimate of drug-likeness (QED) is 0.677. The number of unbranched alkanes of at least 4 members (excludes halogenated alkanes) is 4. The molecule has 1 heterocycles. The Kier molecular flexibility index (Phi) is 6.18. The van der Waals surface area contributed by atoms with Crippen molar-refractivity contribution in [2.24, 2.45) is 5.41 Å². The topological polar surface area (TPSA) is 44.1 Å². The maximum absolute atomic E-state index is 12.0. The molecule has 1 aliphatic heterocycles. The monoisotopic (exact) mass is 250 g/mol. The van der Waals surface area contributed by atoms with Gasteiger partial charge in [-0.15, -0.1) is 0 Å². The Hall–Kier alpha value is -1.04. The highest BCUT2D eigenvalue weighted by molar-refractivity contribution is 5.76. The first-order valence-electron chi connectivity index (χ1n) is 7.30. The van der Waals surface area contributed by atoms with E-state index in [1.807, 2.05) is 11.8 Å². The number of rotatable bonds is 6. The Morgan fingerprint density at radius 3 is 2.39 bits per heavy atom. The van der Waals surface area contributed by atoms with E-state index in [9.17, 15) is 4.79 Å². The molecule has 0 aromatic heterocycles. The standard InChI is InChI=1S/C15H26N2O/c1-3-4-5-6-7-8-14(18)17-11-9-15(2,13-16)10-12-17/h3-12H2,1-2H3. The molecule has 0 radical (unpaired) electrons. The average Bonchev–Trinajstić information content (AvgIpc) is 2.39. The third kappa shape index (κ3) is 4.68. The Bertz CT molecular complexity index is 298. The van der Waals surface area contributed by atoms with E-state index in [1.54, 1.807) is 0 Å². The summed E-state index contributed by atoms with van der Waals surface area (Å²) in [5, 5.41) is 9.05. The number of carbonyl (C=O) groups excluding carboxylic acids is 1. The lowest BCUT2D eigenvalue weighted by Crippen LogP contribution is -2.41. The van der Waals surface area contributed by atoms with Crippen LogP contribution in [0.15, 0.2) is 0 Å². The number of amides is 1. The molecule has 0 spiro atoms. The molecule has 1 aliphatic rings. The summed E-state index contributed by atoms with van der Waals surface area (Å²) in [4.78, 5) is 13.9. The first-order valence-corrected chi connectivity index (χ1v) is 7.30. The van der Waals surface area contributed by atoms with Crippen LogP contribution < -0.4 is 0 Å². The SMILES string of the molecule is CCCCCCCC(=O)N1CCC(C)(C#N)CC1. The molecule has 18 heavy (non-hydrogen) atoms. The summed E-state index contributed by atoms with van der Waals surface area (Å²) in [6.07, 6.45) is 8.29. The van der Waals surface area contributed by atoms with Gasteiger partial charge >= 0.3 is 0 Å². The van der Waals surface area contributed by atoms with Gasteiger partial charge in [-0.3, -0.25) is 4.79 Å². The van der Waals surface area contributed by atoms with Crippen molar-refractivity contribution in [1.29, 1.82) is 5.26 Å². The van der Waals surface area contributed by atoms with Crippen LogP contribution in [-0.2, 0) is 4.79 Å². The number of nitriles is 1. The van der Waals surface area contributed by atoms with E-state index < -0.39 is 0 Å². The van der Waals surface area contributed by atoms with Crippen LogP contribution in [-0.4, -0.2) is 23.9 Å². The lowest BCUT2D eigenvalue weighted by Gasteiger charge is -2.35. The molecule has 0 unspecified atom stereocenters. The molecule has 0 bridgehead atoms. The zero-order valence-electron chi connectivity index (χ0n) is 11.9. The minimum absolute atomic E-state index is 0.210. The van der Waals surface area contributed by atoms with Crippen molar-refractivity contribution in [2.45, 2.75) is 65.2 Å². The van der Waals surface area contributed by atoms with Gasteiger partial charge in [0.1, 0.15) is 0 Å². The zero-order valence-corrected chi connectivity index (χ0v) is 11.9. The number of nitrogens with zero attached hydrogens (tertiary/aromatic N) is 2. The van der Waals surface area contributed by atoms with Crippen molar-refractivity contribution in [3.8, 4) is 6.07 Å². The normalized spacial score (nSPS) is 18.4. The molecular formula is C15H26N2O. The maximum Gasteiger partial charge on any atom is 0.222 e. The van der Waals surface area contributed by atoms with Crippen molar-refractivity contribution in [3.63, 3.8) is 0 Å². The molecule has 1 saturated heterocycles. The molecule has 0 aromatic rings. The molecule has 1 rings (SSSR count). The minimum atomic E-state index is -0.210.